The van der Waals surface area contributed by atoms with Crippen molar-refractivity contribution >= 4 is 5.97 Å². The Hall–Kier alpha value is -0.830. The van der Waals surface area contributed by atoms with Crippen molar-refractivity contribution in [1.29, 1.82) is 0 Å². The lowest BCUT2D eigenvalue weighted by molar-refractivity contribution is -0.159. The van der Waals surface area contributed by atoms with Crippen LogP contribution in [0.15, 0.2) is 11.6 Å². The molecule has 0 amide bonds. The maximum Gasteiger partial charge on any atom is 0.335 e. The summed E-state index contributed by atoms with van der Waals surface area (Å²) in [6.07, 6.45) is 0.604. The molecule has 10 heavy (non-hydrogen) atoms. The fourth-order valence-corrected chi connectivity index (χ4v) is 0.366. The normalized spacial score (nSPS) is 14.6. The number of aliphatic hydroxyl groups excluding tert-OH is 1. The third kappa shape index (κ3) is 3.25. The molecule has 0 spiro atoms. The zero-order chi connectivity index (χ0) is 8.15. The van der Waals surface area contributed by atoms with Crippen molar-refractivity contribution in [3.8, 4) is 0 Å². The molecule has 0 radical (unpaired) electrons. The minimum Gasteiger partial charge on any atom is -0.433 e. The van der Waals surface area contributed by atoms with Gasteiger partial charge in [-0.3, -0.25) is 0 Å². The standard InChI is InChI=1S/C7H12O3/c1-4-5(2)7(9)10-6(3)8/h4,6,8H,1-3H3/b5-4+. The zero-order valence-corrected chi connectivity index (χ0v) is 6.42. The van der Waals surface area contributed by atoms with Crippen LogP contribution in [0.1, 0.15) is 20.8 Å². The van der Waals surface area contributed by atoms with E-state index in [0.29, 0.717) is 5.57 Å². The van der Waals surface area contributed by atoms with E-state index in [2.05, 4.69) is 4.74 Å². The second-order valence-corrected chi connectivity index (χ2v) is 1.98. The summed E-state index contributed by atoms with van der Waals surface area (Å²) in [6, 6.07) is 0. The molecule has 0 aromatic carbocycles. The van der Waals surface area contributed by atoms with Gasteiger partial charge in [0.1, 0.15) is 0 Å². The Balaban J connectivity index is 3.86. The summed E-state index contributed by atoms with van der Waals surface area (Å²) in [7, 11) is 0. The first-order valence-electron chi connectivity index (χ1n) is 3.10. The maximum atomic E-state index is 10.7. The van der Waals surface area contributed by atoms with Gasteiger partial charge in [-0.15, -0.1) is 0 Å². The van der Waals surface area contributed by atoms with E-state index >= 15 is 0 Å². The molecule has 0 bridgehead atoms. The summed E-state index contributed by atoms with van der Waals surface area (Å²) in [5.74, 6) is -0.475. The topological polar surface area (TPSA) is 46.5 Å². The highest BCUT2D eigenvalue weighted by atomic mass is 16.6. The summed E-state index contributed by atoms with van der Waals surface area (Å²) >= 11 is 0. The first-order chi connectivity index (χ1) is 4.57. The molecular formula is C7H12O3. The third-order valence-electron chi connectivity index (χ3n) is 1.03. The molecule has 0 fully saturated rings. The largest absolute Gasteiger partial charge is 0.433 e. The predicted molar refractivity (Wildman–Crippen MR) is 37.2 cm³/mol. The molecule has 58 valence electrons. The number of allylic oxidation sites excluding steroid dienone is 1. The molecule has 0 aromatic heterocycles. The summed E-state index contributed by atoms with van der Waals surface area (Å²) in [4.78, 5) is 10.7. The summed E-state index contributed by atoms with van der Waals surface area (Å²) in [5, 5.41) is 8.60. The number of carbonyl (C=O) groups is 1. The van der Waals surface area contributed by atoms with Crippen LogP contribution >= 0.6 is 0 Å². The van der Waals surface area contributed by atoms with Crippen molar-refractivity contribution < 1.29 is 14.6 Å². The third-order valence-corrected chi connectivity index (χ3v) is 1.03. The Labute approximate surface area is 60.3 Å². The summed E-state index contributed by atoms with van der Waals surface area (Å²) in [6.45, 7) is 4.75. The molecule has 1 atom stereocenters. The molecule has 3 nitrogen and oxygen atoms in total. The van der Waals surface area contributed by atoms with E-state index < -0.39 is 12.3 Å². The van der Waals surface area contributed by atoms with E-state index in [1.165, 1.54) is 6.92 Å². The molecule has 0 aliphatic carbocycles. The van der Waals surface area contributed by atoms with Crippen LogP contribution in [0.3, 0.4) is 0 Å². The first kappa shape index (κ1) is 9.17. The van der Waals surface area contributed by atoms with Crippen molar-refractivity contribution in [3.05, 3.63) is 11.6 Å². The highest BCUT2D eigenvalue weighted by Crippen LogP contribution is 1.97. The SMILES string of the molecule is C/C=C(\C)C(=O)OC(C)O. The molecule has 0 aliphatic rings. The Morgan fingerprint density at radius 1 is 1.70 bits per heavy atom. The fraction of sp³-hybridized carbons (Fsp3) is 0.571. The van der Waals surface area contributed by atoms with Crippen molar-refractivity contribution in [2.45, 2.75) is 27.1 Å². The van der Waals surface area contributed by atoms with Gasteiger partial charge in [-0.2, -0.15) is 0 Å². The Bertz CT molecular complexity index is 147. The van der Waals surface area contributed by atoms with Crippen molar-refractivity contribution in [1.82, 2.24) is 0 Å². The minimum absolute atomic E-state index is 0.475. The molecular weight excluding hydrogens is 132 g/mol. The number of carbonyl (C=O) groups excluding carboxylic acids is 1. The van der Waals surface area contributed by atoms with E-state index in [9.17, 15) is 4.79 Å². The number of hydrogen-bond acceptors (Lipinski definition) is 3. The van der Waals surface area contributed by atoms with Gasteiger partial charge < -0.3 is 9.84 Å². The zero-order valence-electron chi connectivity index (χ0n) is 6.42. The van der Waals surface area contributed by atoms with Crippen LogP contribution in [0, 0.1) is 0 Å². The minimum atomic E-state index is -1.03. The van der Waals surface area contributed by atoms with Gasteiger partial charge in [-0.25, -0.2) is 4.79 Å². The van der Waals surface area contributed by atoms with Gasteiger partial charge in [0.2, 0.25) is 0 Å². The number of hydrogen-bond donors (Lipinski definition) is 1. The van der Waals surface area contributed by atoms with Crippen LogP contribution < -0.4 is 0 Å². The molecule has 0 rings (SSSR count). The highest BCUT2D eigenvalue weighted by molar-refractivity contribution is 5.87. The van der Waals surface area contributed by atoms with Gasteiger partial charge in [0, 0.05) is 5.57 Å². The van der Waals surface area contributed by atoms with Gasteiger partial charge in [-0.05, 0) is 20.8 Å². The van der Waals surface area contributed by atoms with Crippen molar-refractivity contribution in [2.75, 3.05) is 0 Å². The van der Waals surface area contributed by atoms with E-state index in [-0.39, 0.29) is 0 Å². The lowest BCUT2D eigenvalue weighted by Gasteiger charge is -2.05. The van der Waals surface area contributed by atoms with Crippen LogP contribution in [0.5, 0.6) is 0 Å². The summed E-state index contributed by atoms with van der Waals surface area (Å²) < 4.78 is 4.45. The summed E-state index contributed by atoms with van der Waals surface area (Å²) in [5.41, 5.74) is 0.501. The van der Waals surface area contributed by atoms with Gasteiger partial charge >= 0.3 is 5.97 Å². The molecule has 0 saturated heterocycles. The van der Waals surface area contributed by atoms with Crippen LogP contribution in [0.25, 0.3) is 0 Å². The van der Waals surface area contributed by atoms with Gasteiger partial charge in [-0.1, -0.05) is 6.08 Å². The monoisotopic (exact) mass is 144 g/mol. The second kappa shape index (κ2) is 4.06. The van der Waals surface area contributed by atoms with E-state index in [0.717, 1.165) is 0 Å². The van der Waals surface area contributed by atoms with Crippen LogP contribution in [-0.2, 0) is 9.53 Å². The fourth-order valence-electron chi connectivity index (χ4n) is 0.366. The van der Waals surface area contributed by atoms with E-state index in [1.807, 2.05) is 0 Å². The number of ether oxygens (including phenoxy) is 1. The number of rotatable bonds is 2. The highest BCUT2D eigenvalue weighted by Gasteiger charge is 2.06. The van der Waals surface area contributed by atoms with Gasteiger partial charge in [0.05, 0.1) is 0 Å². The van der Waals surface area contributed by atoms with Crippen LogP contribution in [0.2, 0.25) is 0 Å². The lowest BCUT2D eigenvalue weighted by Crippen LogP contribution is -2.14. The first-order valence-corrected chi connectivity index (χ1v) is 3.10. The molecule has 0 saturated carbocycles. The van der Waals surface area contributed by atoms with E-state index in [4.69, 9.17) is 5.11 Å². The molecule has 0 heterocycles. The molecule has 0 aliphatic heterocycles. The maximum absolute atomic E-state index is 10.7. The van der Waals surface area contributed by atoms with E-state index in [1.54, 1.807) is 19.9 Å². The average Bonchev–Trinajstić information content (AvgIpc) is 1.85. The predicted octanol–water partition coefficient (Wildman–Crippen LogP) is 0.834. The van der Waals surface area contributed by atoms with Crippen LogP contribution in [0.4, 0.5) is 0 Å². The molecule has 0 aromatic rings. The second-order valence-electron chi connectivity index (χ2n) is 1.98. The van der Waals surface area contributed by atoms with Crippen molar-refractivity contribution in [2.24, 2.45) is 0 Å². The Kier molecular flexibility index (Phi) is 3.72. The van der Waals surface area contributed by atoms with Gasteiger partial charge in [0.15, 0.2) is 6.29 Å². The average molecular weight is 144 g/mol. The van der Waals surface area contributed by atoms with Crippen molar-refractivity contribution in [3.63, 3.8) is 0 Å². The molecule has 3 heteroatoms. The lowest BCUT2D eigenvalue weighted by atomic mass is 10.3. The Morgan fingerprint density at radius 3 is 2.50 bits per heavy atom. The smallest absolute Gasteiger partial charge is 0.335 e. The number of aliphatic hydroxyl groups is 1. The molecule has 1 N–H and O–H groups in total. The molecule has 1 unspecified atom stereocenters. The Morgan fingerprint density at radius 2 is 2.20 bits per heavy atom. The number of esters is 1. The van der Waals surface area contributed by atoms with Crippen LogP contribution in [-0.4, -0.2) is 17.4 Å². The van der Waals surface area contributed by atoms with Gasteiger partial charge in [0.25, 0.3) is 0 Å². The quantitative estimate of drug-likeness (QED) is 0.355.